The van der Waals surface area contributed by atoms with Gasteiger partial charge in [-0.05, 0) is 19.2 Å². The molecule has 1 aliphatic rings. The molecule has 8 heteroatoms. The monoisotopic (exact) mass is 333 g/mol. The van der Waals surface area contributed by atoms with E-state index in [1.54, 1.807) is 7.11 Å². The molecule has 0 spiro atoms. The number of anilines is 3. The normalized spacial score (nSPS) is 15.5. The van der Waals surface area contributed by atoms with Crippen molar-refractivity contribution in [3.05, 3.63) is 23.2 Å². The summed E-state index contributed by atoms with van der Waals surface area (Å²) in [5.74, 6) is 0.740. The molecule has 1 fully saturated rings. The van der Waals surface area contributed by atoms with Crippen LogP contribution in [0.1, 0.15) is 9.80 Å². The number of nitrogens with one attached hydrogen (secondary N) is 1. The van der Waals surface area contributed by atoms with Gasteiger partial charge in [0, 0.05) is 37.9 Å². The van der Waals surface area contributed by atoms with Crippen molar-refractivity contribution in [2.24, 2.45) is 0 Å². The van der Waals surface area contributed by atoms with Crippen LogP contribution in [0.2, 0.25) is 0 Å². The minimum atomic E-state index is 0.348. The van der Waals surface area contributed by atoms with Gasteiger partial charge in [0.1, 0.15) is 5.75 Å². The zero-order valence-corrected chi connectivity index (χ0v) is 14.0. The first-order chi connectivity index (χ1) is 11.2. The lowest BCUT2D eigenvalue weighted by molar-refractivity contribution is 0.112. The van der Waals surface area contributed by atoms with Crippen LogP contribution in [0, 0.1) is 0 Å². The predicted octanol–water partition coefficient (Wildman–Crippen LogP) is 1.85. The molecule has 0 radical (unpaired) electrons. The second-order valence-corrected chi connectivity index (χ2v) is 6.37. The molecule has 7 nitrogen and oxygen atoms in total. The van der Waals surface area contributed by atoms with Gasteiger partial charge in [0.15, 0.2) is 11.3 Å². The van der Waals surface area contributed by atoms with Gasteiger partial charge in [0.05, 0.1) is 12.8 Å². The molecule has 1 N–H and O–H groups in total. The molecule has 0 bridgehead atoms. The van der Waals surface area contributed by atoms with Gasteiger partial charge in [-0.3, -0.25) is 4.79 Å². The molecule has 3 rings (SSSR count). The Hall–Kier alpha value is -2.19. The number of nitrogens with zero attached hydrogens (tertiary/aromatic N) is 4. The number of carbonyl (C=O) groups excluding carboxylic acids is 1. The van der Waals surface area contributed by atoms with E-state index in [9.17, 15) is 4.79 Å². The van der Waals surface area contributed by atoms with Crippen LogP contribution >= 0.6 is 11.3 Å². The summed E-state index contributed by atoms with van der Waals surface area (Å²) < 4.78 is 5.49. The largest absolute Gasteiger partial charge is 0.494 e. The summed E-state index contributed by atoms with van der Waals surface area (Å²) >= 11 is 1.21. The van der Waals surface area contributed by atoms with E-state index in [2.05, 4.69) is 38.4 Å². The highest BCUT2D eigenvalue weighted by molar-refractivity contribution is 7.16. The Kier molecular flexibility index (Phi) is 4.73. The van der Waals surface area contributed by atoms with E-state index in [0.717, 1.165) is 43.3 Å². The van der Waals surface area contributed by atoms with Crippen LogP contribution in [0.25, 0.3) is 0 Å². The fraction of sp³-hybridized carbons (Fsp3) is 0.400. The van der Waals surface area contributed by atoms with Crippen LogP contribution in [-0.2, 0) is 0 Å². The van der Waals surface area contributed by atoms with Crippen molar-refractivity contribution in [2.45, 2.75) is 0 Å². The molecule has 0 aliphatic carbocycles. The van der Waals surface area contributed by atoms with Gasteiger partial charge in [-0.15, -0.1) is 10.2 Å². The minimum Gasteiger partial charge on any atom is -0.494 e. The second kappa shape index (κ2) is 6.93. The SMILES string of the molecule is COc1cc(N2CCN(C)CC2)ccc1Nc1nnc(C=O)s1. The lowest BCUT2D eigenvalue weighted by atomic mass is 10.2. The number of aldehydes is 1. The van der Waals surface area contributed by atoms with E-state index in [0.29, 0.717) is 16.4 Å². The number of aromatic nitrogens is 2. The third-order valence-electron chi connectivity index (χ3n) is 3.84. The van der Waals surface area contributed by atoms with Crippen molar-refractivity contribution in [3.63, 3.8) is 0 Å². The summed E-state index contributed by atoms with van der Waals surface area (Å²) in [6.07, 6.45) is 0.691. The van der Waals surface area contributed by atoms with E-state index in [-0.39, 0.29) is 0 Å². The highest BCUT2D eigenvalue weighted by atomic mass is 32.1. The minimum absolute atomic E-state index is 0.348. The van der Waals surface area contributed by atoms with Gasteiger partial charge in [-0.1, -0.05) is 11.3 Å². The van der Waals surface area contributed by atoms with Crippen LogP contribution < -0.4 is 15.0 Å². The van der Waals surface area contributed by atoms with Gasteiger partial charge in [-0.25, -0.2) is 0 Å². The van der Waals surface area contributed by atoms with Gasteiger partial charge in [0.25, 0.3) is 0 Å². The second-order valence-electron chi connectivity index (χ2n) is 5.36. The highest BCUT2D eigenvalue weighted by Crippen LogP contribution is 2.33. The number of carbonyl (C=O) groups is 1. The van der Waals surface area contributed by atoms with Gasteiger partial charge in [-0.2, -0.15) is 0 Å². The molecule has 1 aliphatic heterocycles. The van der Waals surface area contributed by atoms with Crippen molar-refractivity contribution in [2.75, 3.05) is 50.6 Å². The fourth-order valence-electron chi connectivity index (χ4n) is 2.49. The Labute approximate surface area is 138 Å². The average molecular weight is 333 g/mol. The van der Waals surface area contributed by atoms with Crippen LogP contribution in [0.5, 0.6) is 5.75 Å². The van der Waals surface area contributed by atoms with Crippen LogP contribution in [-0.4, -0.2) is 61.7 Å². The standard InChI is InChI=1S/C15H19N5O2S/c1-19-5-7-20(8-6-19)11-3-4-12(13(9-11)22-2)16-15-18-17-14(10-21)23-15/h3-4,9-10H,5-8H2,1-2H3,(H,16,18). The maximum absolute atomic E-state index is 10.7. The highest BCUT2D eigenvalue weighted by Gasteiger charge is 2.16. The van der Waals surface area contributed by atoms with E-state index < -0.39 is 0 Å². The van der Waals surface area contributed by atoms with Gasteiger partial charge >= 0.3 is 0 Å². The molecule has 2 aromatic rings. The first-order valence-electron chi connectivity index (χ1n) is 7.37. The van der Waals surface area contributed by atoms with Crippen LogP contribution in [0.15, 0.2) is 18.2 Å². The zero-order valence-electron chi connectivity index (χ0n) is 13.2. The van der Waals surface area contributed by atoms with E-state index in [4.69, 9.17) is 4.74 Å². The first kappa shape index (κ1) is 15.7. The molecule has 1 aromatic carbocycles. The summed E-state index contributed by atoms with van der Waals surface area (Å²) in [4.78, 5) is 15.4. The van der Waals surface area contributed by atoms with Gasteiger partial charge < -0.3 is 19.9 Å². The Morgan fingerprint density at radius 3 is 2.70 bits per heavy atom. The predicted molar refractivity (Wildman–Crippen MR) is 91.3 cm³/mol. The molecule has 0 amide bonds. The number of methoxy groups -OCH3 is 1. The Bertz CT molecular complexity index is 682. The summed E-state index contributed by atoms with van der Waals surface area (Å²) in [7, 11) is 3.78. The maximum Gasteiger partial charge on any atom is 0.210 e. The number of benzene rings is 1. The topological polar surface area (TPSA) is 70.6 Å². The summed E-state index contributed by atoms with van der Waals surface area (Å²) in [6, 6.07) is 6.06. The fourth-order valence-corrected chi connectivity index (χ4v) is 3.06. The number of piperazine rings is 1. The van der Waals surface area contributed by atoms with E-state index in [1.165, 1.54) is 11.3 Å². The molecule has 2 heterocycles. The third-order valence-corrected chi connectivity index (χ3v) is 4.60. The van der Waals surface area contributed by atoms with Crippen molar-refractivity contribution in [1.29, 1.82) is 0 Å². The Balaban J connectivity index is 1.77. The summed E-state index contributed by atoms with van der Waals surface area (Å²) in [6.45, 7) is 4.13. The number of rotatable bonds is 5. The summed E-state index contributed by atoms with van der Waals surface area (Å²) in [5.41, 5.74) is 1.95. The molecular weight excluding hydrogens is 314 g/mol. The average Bonchev–Trinajstić information content (AvgIpc) is 3.04. The Morgan fingerprint density at radius 2 is 2.04 bits per heavy atom. The lowest BCUT2D eigenvalue weighted by Gasteiger charge is -2.34. The van der Waals surface area contributed by atoms with Crippen LogP contribution in [0.4, 0.5) is 16.5 Å². The number of hydrogen-bond acceptors (Lipinski definition) is 8. The smallest absolute Gasteiger partial charge is 0.210 e. The van der Waals surface area contributed by atoms with E-state index >= 15 is 0 Å². The van der Waals surface area contributed by atoms with Crippen molar-refractivity contribution >= 4 is 34.1 Å². The zero-order chi connectivity index (χ0) is 16.2. The third kappa shape index (κ3) is 3.59. The van der Waals surface area contributed by atoms with Crippen molar-refractivity contribution < 1.29 is 9.53 Å². The Morgan fingerprint density at radius 1 is 1.26 bits per heavy atom. The van der Waals surface area contributed by atoms with Crippen molar-refractivity contribution in [1.82, 2.24) is 15.1 Å². The molecule has 0 saturated carbocycles. The summed E-state index contributed by atoms with van der Waals surface area (Å²) in [5, 5.41) is 11.8. The van der Waals surface area contributed by atoms with Gasteiger partial charge in [0.2, 0.25) is 5.13 Å². The number of ether oxygens (including phenoxy) is 1. The maximum atomic E-state index is 10.7. The van der Waals surface area contributed by atoms with Crippen molar-refractivity contribution in [3.8, 4) is 5.75 Å². The molecular formula is C15H19N5O2S. The molecule has 1 aromatic heterocycles. The molecule has 1 saturated heterocycles. The quantitative estimate of drug-likeness (QED) is 0.837. The number of hydrogen-bond donors (Lipinski definition) is 1. The molecule has 0 atom stereocenters. The molecule has 122 valence electrons. The lowest BCUT2D eigenvalue weighted by Crippen LogP contribution is -2.44. The van der Waals surface area contributed by atoms with E-state index in [1.807, 2.05) is 12.1 Å². The molecule has 0 unspecified atom stereocenters. The first-order valence-corrected chi connectivity index (χ1v) is 8.18. The van der Waals surface area contributed by atoms with Crippen LogP contribution in [0.3, 0.4) is 0 Å². The molecule has 23 heavy (non-hydrogen) atoms. The number of likely N-dealkylation sites (N-methyl/N-ethyl adjacent to an activating group) is 1.